The van der Waals surface area contributed by atoms with Crippen molar-refractivity contribution in [2.75, 3.05) is 26.2 Å². The molecule has 0 saturated carbocycles. The van der Waals surface area contributed by atoms with Crippen molar-refractivity contribution in [3.05, 3.63) is 34.9 Å². The molecule has 0 amide bonds. The summed E-state index contributed by atoms with van der Waals surface area (Å²) in [5.41, 5.74) is 4.71. The normalized spacial score (nSPS) is 15.5. The molecule has 0 aliphatic carbocycles. The Morgan fingerprint density at radius 3 is 2.35 bits per heavy atom. The van der Waals surface area contributed by atoms with E-state index >= 15 is 0 Å². The average Bonchev–Trinajstić information content (AvgIpc) is 3.14. The SMILES string of the molecule is CCn1cc(CNC(=S)N2CCN(Cc3cn(C)nc3C)CC2)c(C)n1. The number of piperazine rings is 1. The molecule has 1 N–H and O–H groups in total. The number of hydrogen-bond acceptors (Lipinski definition) is 4. The fourth-order valence-electron chi connectivity index (χ4n) is 3.33. The van der Waals surface area contributed by atoms with Crippen LogP contribution in [-0.4, -0.2) is 60.7 Å². The molecule has 0 radical (unpaired) electrons. The minimum Gasteiger partial charge on any atom is -0.358 e. The van der Waals surface area contributed by atoms with Crippen LogP contribution >= 0.6 is 12.2 Å². The van der Waals surface area contributed by atoms with Crippen molar-refractivity contribution < 1.29 is 0 Å². The van der Waals surface area contributed by atoms with Gasteiger partial charge in [0, 0.05) is 76.4 Å². The smallest absolute Gasteiger partial charge is 0.169 e. The van der Waals surface area contributed by atoms with Gasteiger partial charge in [-0.15, -0.1) is 0 Å². The molecule has 8 heteroatoms. The molecule has 1 saturated heterocycles. The van der Waals surface area contributed by atoms with Crippen LogP contribution in [0.5, 0.6) is 0 Å². The monoisotopic (exact) mass is 375 g/mol. The van der Waals surface area contributed by atoms with Crippen LogP contribution in [0.1, 0.15) is 29.4 Å². The number of aromatic nitrogens is 4. The predicted octanol–water partition coefficient (Wildman–Crippen LogP) is 1.45. The lowest BCUT2D eigenvalue weighted by Crippen LogP contribution is -2.51. The van der Waals surface area contributed by atoms with E-state index in [1.165, 1.54) is 11.1 Å². The molecule has 3 heterocycles. The van der Waals surface area contributed by atoms with Crippen molar-refractivity contribution in [1.82, 2.24) is 34.7 Å². The fraction of sp³-hybridized carbons (Fsp3) is 0.611. The van der Waals surface area contributed by atoms with Gasteiger partial charge in [0.1, 0.15) is 0 Å². The van der Waals surface area contributed by atoms with Gasteiger partial charge in [-0.1, -0.05) is 0 Å². The van der Waals surface area contributed by atoms with E-state index in [0.717, 1.165) is 62.3 Å². The molecule has 1 fully saturated rings. The number of nitrogens with zero attached hydrogens (tertiary/aromatic N) is 6. The highest BCUT2D eigenvalue weighted by atomic mass is 32.1. The van der Waals surface area contributed by atoms with Crippen molar-refractivity contribution in [2.45, 2.75) is 40.4 Å². The Morgan fingerprint density at radius 1 is 1.08 bits per heavy atom. The number of thiocarbonyl (C=S) groups is 1. The summed E-state index contributed by atoms with van der Waals surface area (Å²) in [6.07, 6.45) is 4.21. The van der Waals surface area contributed by atoms with E-state index in [4.69, 9.17) is 12.2 Å². The fourth-order valence-corrected chi connectivity index (χ4v) is 3.59. The number of aryl methyl sites for hydroxylation is 4. The lowest BCUT2D eigenvalue weighted by molar-refractivity contribution is 0.174. The second kappa shape index (κ2) is 8.18. The molecule has 3 rings (SSSR count). The summed E-state index contributed by atoms with van der Waals surface area (Å²) >= 11 is 5.60. The van der Waals surface area contributed by atoms with E-state index in [1.54, 1.807) is 0 Å². The first kappa shape index (κ1) is 18.8. The summed E-state index contributed by atoms with van der Waals surface area (Å²) in [5.74, 6) is 0. The zero-order chi connectivity index (χ0) is 18.7. The summed E-state index contributed by atoms with van der Waals surface area (Å²) in [7, 11) is 1.98. The van der Waals surface area contributed by atoms with Crippen molar-refractivity contribution in [3.63, 3.8) is 0 Å². The third-order valence-electron chi connectivity index (χ3n) is 4.97. The molecular weight excluding hydrogens is 346 g/mol. The molecule has 0 atom stereocenters. The Labute approximate surface area is 161 Å². The molecule has 0 bridgehead atoms. The van der Waals surface area contributed by atoms with Gasteiger partial charge in [-0.25, -0.2) is 0 Å². The first-order valence-corrected chi connectivity index (χ1v) is 9.64. The largest absolute Gasteiger partial charge is 0.358 e. The minimum absolute atomic E-state index is 0.736. The maximum atomic E-state index is 5.60. The summed E-state index contributed by atoms with van der Waals surface area (Å²) in [6, 6.07) is 0. The molecule has 2 aromatic heterocycles. The first-order chi connectivity index (χ1) is 12.5. The number of hydrogen-bond donors (Lipinski definition) is 1. The van der Waals surface area contributed by atoms with Crippen LogP contribution in [-0.2, 0) is 26.7 Å². The van der Waals surface area contributed by atoms with Crippen molar-refractivity contribution in [1.29, 1.82) is 0 Å². The van der Waals surface area contributed by atoms with E-state index in [1.807, 2.05) is 23.3 Å². The standard InChI is InChI=1S/C18H29N7S/c1-5-25-13-16(14(2)21-25)10-19-18(26)24-8-6-23(7-9-24)12-17-11-22(4)20-15(17)3/h11,13H,5-10,12H2,1-4H3,(H,19,26). The van der Waals surface area contributed by atoms with Gasteiger partial charge < -0.3 is 10.2 Å². The topological polar surface area (TPSA) is 54.2 Å². The first-order valence-electron chi connectivity index (χ1n) is 9.23. The van der Waals surface area contributed by atoms with Crippen molar-refractivity contribution in [2.24, 2.45) is 7.05 Å². The quantitative estimate of drug-likeness (QED) is 0.799. The minimum atomic E-state index is 0.736. The third-order valence-corrected chi connectivity index (χ3v) is 5.37. The van der Waals surface area contributed by atoms with Crippen LogP contribution in [0.15, 0.2) is 12.4 Å². The molecule has 0 unspecified atom stereocenters. The lowest BCUT2D eigenvalue weighted by Gasteiger charge is -2.36. The summed E-state index contributed by atoms with van der Waals surface area (Å²) in [4.78, 5) is 4.74. The van der Waals surface area contributed by atoms with Crippen LogP contribution in [0, 0.1) is 13.8 Å². The molecule has 0 aromatic carbocycles. The second-order valence-electron chi connectivity index (χ2n) is 6.93. The maximum Gasteiger partial charge on any atom is 0.169 e. The molecule has 26 heavy (non-hydrogen) atoms. The highest BCUT2D eigenvalue weighted by Gasteiger charge is 2.20. The Morgan fingerprint density at radius 2 is 1.77 bits per heavy atom. The highest BCUT2D eigenvalue weighted by molar-refractivity contribution is 7.80. The van der Waals surface area contributed by atoms with E-state index in [-0.39, 0.29) is 0 Å². The summed E-state index contributed by atoms with van der Waals surface area (Å²) in [6.45, 7) is 12.8. The Balaban J connectivity index is 1.46. The second-order valence-corrected chi connectivity index (χ2v) is 7.32. The van der Waals surface area contributed by atoms with E-state index < -0.39 is 0 Å². The Bertz CT molecular complexity index is 756. The van der Waals surface area contributed by atoms with Gasteiger partial charge in [0.15, 0.2) is 5.11 Å². The van der Waals surface area contributed by atoms with Crippen LogP contribution < -0.4 is 5.32 Å². The molecule has 1 aliphatic rings. The highest BCUT2D eigenvalue weighted by Crippen LogP contribution is 2.12. The van der Waals surface area contributed by atoms with Gasteiger partial charge in [0.2, 0.25) is 0 Å². The number of nitrogens with one attached hydrogen (secondary N) is 1. The van der Waals surface area contributed by atoms with E-state index in [2.05, 4.69) is 51.6 Å². The zero-order valence-electron chi connectivity index (χ0n) is 16.2. The van der Waals surface area contributed by atoms with Crippen LogP contribution in [0.4, 0.5) is 0 Å². The van der Waals surface area contributed by atoms with Gasteiger partial charge >= 0.3 is 0 Å². The Hall–Kier alpha value is -1.93. The lowest BCUT2D eigenvalue weighted by atomic mass is 10.2. The van der Waals surface area contributed by atoms with Crippen LogP contribution in [0.25, 0.3) is 0 Å². The summed E-state index contributed by atoms with van der Waals surface area (Å²) < 4.78 is 3.86. The van der Waals surface area contributed by atoms with Crippen molar-refractivity contribution in [3.8, 4) is 0 Å². The third kappa shape index (κ3) is 4.42. The molecule has 1 aliphatic heterocycles. The van der Waals surface area contributed by atoms with Gasteiger partial charge in [-0.3, -0.25) is 14.3 Å². The molecule has 7 nitrogen and oxygen atoms in total. The molecule has 2 aromatic rings. The van der Waals surface area contributed by atoms with E-state index in [9.17, 15) is 0 Å². The van der Waals surface area contributed by atoms with Gasteiger partial charge in [-0.2, -0.15) is 10.2 Å². The Kier molecular flexibility index (Phi) is 5.93. The molecular formula is C18H29N7S. The molecule has 0 spiro atoms. The molecule has 142 valence electrons. The van der Waals surface area contributed by atoms with Gasteiger partial charge in [0.25, 0.3) is 0 Å². The van der Waals surface area contributed by atoms with Crippen LogP contribution in [0.2, 0.25) is 0 Å². The number of rotatable bonds is 5. The van der Waals surface area contributed by atoms with E-state index in [0.29, 0.717) is 0 Å². The van der Waals surface area contributed by atoms with Gasteiger partial charge in [-0.05, 0) is 33.0 Å². The van der Waals surface area contributed by atoms with Gasteiger partial charge in [0.05, 0.1) is 11.4 Å². The average molecular weight is 376 g/mol. The predicted molar refractivity (Wildman–Crippen MR) is 107 cm³/mol. The van der Waals surface area contributed by atoms with Crippen molar-refractivity contribution >= 4 is 17.3 Å². The summed E-state index contributed by atoms with van der Waals surface area (Å²) in [5, 5.41) is 13.1. The zero-order valence-corrected chi connectivity index (χ0v) is 17.0. The van der Waals surface area contributed by atoms with Crippen LogP contribution in [0.3, 0.4) is 0 Å². The maximum absolute atomic E-state index is 5.60.